The Morgan fingerprint density at radius 3 is 1.83 bits per heavy atom. The summed E-state index contributed by atoms with van der Waals surface area (Å²) in [6, 6.07) is 0. The SMILES string of the molecule is CC1(F)CC1(C(=O)Cl)C(F)(F)F. The monoisotopic (exact) mass is 204 g/mol. The quantitative estimate of drug-likeness (QED) is 0.474. The molecule has 1 fully saturated rings. The molecule has 0 aromatic rings. The van der Waals surface area contributed by atoms with Crippen LogP contribution < -0.4 is 0 Å². The first-order chi connectivity index (χ1) is 5.15. The fourth-order valence-electron chi connectivity index (χ4n) is 1.24. The average molecular weight is 205 g/mol. The second-order valence-corrected chi connectivity index (χ2v) is 3.39. The van der Waals surface area contributed by atoms with Crippen LogP contribution in [0, 0.1) is 5.41 Å². The van der Waals surface area contributed by atoms with E-state index in [4.69, 9.17) is 11.6 Å². The van der Waals surface area contributed by atoms with Gasteiger partial charge in [0.2, 0.25) is 5.24 Å². The van der Waals surface area contributed by atoms with E-state index in [2.05, 4.69) is 0 Å². The lowest BCUT2D eigenvalue weighted by Crippen LogP contribution is -2.35. The molecule has 1 saturated carbocycles. The summed E-state index contributed by atoms with van der Waals surface area (Å²) in [7, 11) is 0. The Morgan fingerprint density at radius 2 is 1.83 bits per heavy atom. The van der Waals surface area contributed by atoms with Crippen molar-refractivity contribution in [2.24, 2.45) is 5.41 Å². The molecule has 2 unspecified atom stereocenters. The van der Waals surface area contributed by atoms with E-state index >= 15 is 0 Å². The summed E-state index contributed by atoms with van der Waals surface area (Å²) in [6.07, 6.45) is -5.76. The summed E-state index contributed by atoms with van der Waals surface area (Å²) in [6.45, 7) is 0.723. The molecular formula is C6H5ClF4O. The normalized spacial score (nSPS) is 41.2. The van der Waals surface area contributed by atoms with Gasteiger partial charge >= 0.3 is 6.18 Å². The molecule has 2 atom stereocenters. The summed E-state index contributed by atoms with van der Waals surface area (Å²) in [4.78, 5) is 10.4. The Bertz CT molecular complexity index is 234. The Morgan fingerprint density at radius 1 is 1.50 bits per heavy atom. The van der Waals surface area contributed by atoms with Crippen LogP contribution in [0.15, 0.2) is 0 Å². The molecule has 0 spiro atoms. The van der Waals surface area contributed by atoms with Crippen LogP contribution in [-0.4, -0.2) is 17.1 Å². The van der Waals surface area contributed by atoms with Gasteiger partial charge in [0.05, 0.1) is 0 Å². The molecule has 0 bridgehead atoms. The minimum Gasteiger partial charge on any atom is -0.280 e. The van der Waals surface area contributed by atoms with Crippen LogP contribution in [0.5, 0.6) is 0 Å². The summed E-state index contributed by atoms with van der Waals surface area (Å²) < 4.78 is 49.1. The highest BCUT2D eigenvalue weighted by Crippen LogP contribution is 2.68. The third kappa shape index (κ3) is 0.952. The highest BCUT2D eigenvalue weighted by Gasteiger charge is 2.83. The molecule has 1 aliphatic rings. The number of alkyl halides is 4. The van der Waals surface area contributed by atoms with Gasteiger partial charge in [-0.05, 0) is 18.5 Å². The maximum atomic E-state index is 12.8. The lowest BCUT2D eigenvalue weighted by molar-refractivity contribution is -0.196. The Labute approximate surface area is 70.7 Å². The summed E-state index contributed by atoms with van der Waals surface area (Å²) >= 11 is 4.70. The summed E-state index contributed by atoms with van der Waals surface area (Å²) in [5.74, 6) is 0. The predicted octanol–water partition coefficient (Wildman–Crippen LogP) is 2.43. The van der Waals surface area contributed by atoms with Crippen LogP contribution in [0.4, 0.5) is 17.6 Å². The van der Waals surface area contributed by atoms with E-state index in [0.717, 1.165) is 6.92 Å². The van der Waals surface area contributed by atoms with Crippen molar-refractivity contribution in [1.82, 2.24) is 0 Å². The van der Waals surface area contributed by atoms with Crippen molar-refractivity contribution in [3.05, 3.63) is 0 Å². The lowest BCUT2D eigenvalue weighted by Gasteiger charge is -2.16. The Hall–Kier alpha value is -0.320. The molecule has 0 aromatic heterocycles. The van der Waals surface area contributed by atoms with E-state index in [9.17, 15) is 22.4 Å². The Kier molecular flexibility index (Phi) is 1.73. The smallest absolute Gasteiger partial charge is 0.280 e. The highest BCUT2D eigenvalue weighted by atomic mass is 35.5. The highest BCUT2D eigenvalue weighted by molar-refractivity contribution is 6.65. The first-order valence-electron chi connectivity index (χ1n) is 3.11. The van der Waals surface area contributed by atoms with Gasteiger partial charge in [0.1, 0.15) is 5.67 Å². The molecule has 0 heterocycles. The third-order valence-electron chi connectivity index (χ3n) is 2.18. The van der Waals surface area contributed by atoms with Gasteiger partial charge in [0.15, 0.2) is 5.41 Å². The van der Waals surface area contributed by atoms with E-state index in [1.54, 1.807) is 0 Å². The van der Waals surface area contributed by atoms with Crippen LogP contribution in [-0.2, 0) is 4.79 Å². The second kappa shape index (κ2) is 2.13. The minimum atomic E-state index is -4.89. The number of carbonyl (C=O) groups is 1. The van der Waals surface area contributed by atoms with Crippen molar-refractivity contribution in [1.29, 1.82) is 0 Å². The molecule has 1 nitrogen and oxygen atoms in total. The molecule has 12 heavy (non-hydrogen) atoms. The van der Waals surface area contributed by atoms with Gasteiger partial charge in [-0.15, -0.1) is 0 Å². The molecule has 70 valence electrons. The largest absolute Gasteiger partial charge is 0.405 e. The fourth-order valence-corrected chi connectivity index (χ4v) is 1.61. The van der Waals surface area contributed by atoms with Crippen LogP contribution in [0.3, 0.4) is 0 Å². The third-order valence-corrected chi connectivity index (χ3v) is 2.50. The molecule has 0 N–H and O–H groups in total. The van der Waals surface area contributed by atoms with Crippen molar-refractivity contribution in [3.63, 3.8) is 0 Å². The van der Waals surface area contributed by atoms with Gasteiger partial charge in [0, 0.05) is 6.42 Å². The number of carbonyl (C=O) groups excluding carboxylic acids is 1. The van der Waals surface area contributed by atoms with Gasteiger partial charge in [-0.25, -0.2) is 4.39 Å². The molecular weight excluding hydrogens is 200 g/mol. The topological polar surface area (TPSA) is 17.1 Å². The van der Waals surface area contributed by atoms with Crippen LogP contribution >= 0.6 is 11.6 Å². The number of halogens is 5. The first kappa shape index (κ1) is 9.77. The zero-order valence-corrected chi connectivity index (χ0v) is 6.76. The number of rotatable bonds is 1. The molecule has 0 radical (unpaired) electrons. The lowest BCUT2D eigenvalue weighted by atomic mass is 10.1. The molecule has 0 aromatic carbocycles. The van der Waals surface area contributed by atoms with Gasteiger partial charge in [-0.2, -0.15) is 13.2 Å². The first-order valence-corrected chi connectivity index (χ1v) is 3.48. The average Bonchev–Trinajstić information content (AvgIpc) is 2.33. The van der Waals surface area contributed by atoms with Crippen molar-refractivity contribution in [3.8, 4) is 0 Å². The summed E-state index contributed by atoms with van der Waals surface area (Å²) in [5, 5.41) is -1.67. The van der Waals surface area contributed by atoms with Crippen molar-refractivity contribution >= 4 is 16.8 Å². The van der Waals surface area contributed by atoms with Gasteiger partial charge in [-0.1, -0.05) is 0 Å². The molecule has 1 rings (SSSR count). The molecule has 0 amide bonds. The predicted molar refractivity (Wildman–Crippen MR) is 33.5 cm³/mol. The second-order valence-electron chi connectivity index (χ2n) is 3.05. The van der Waals surface area contributed by atoms with E-state index in [0.29, 0.717) is 0 Å². The maximum absolute atomic E-state index is 12.8. The maximum Gasteiger partial charge on any atom is 0.405 e. The number of hydrogen-bond donors (Lipinski definition) is 0. The van der Waals surface area contributed by atoms with Crippen molar-refractivity contribution in [2.45, 2.75) is 25.2 Å². The van der Waals surface area contributed by atoms with Gasteiger partial charge < -0.3 is 0 Å². The van der Waals surface area contributed by atoms with E-state index in [1.807, 2.05) is 0 Å². The van der Waals surface area contributed by atoms with E-state index < -0.39 is 28.9 Å². The van der Waals surface area contributed by atoms with Crippen LogP contribution in [0.1, 0.15) is 13.3 Å². The standard InChI is InChI=1S/C6H5ClF4O/c1-4(8)2-5(4,3(7)12)6(9,10)11/h2H2,1H3. The number of hydrogen-bond acceptors (Lipinski definition) is 1. The zero-order valence-electron chi connectivity index (χ0n) is 6.01. The van der Waals surface area contributed by atoms with Gasteiger partial charge in [0.25, 0.3) is 0 Å². The molecule has 0 aliphatic heterocycles. The van der Waals surface area contributed by atoms with E-state index in [-0.39, 0.29) is 0 Å². The minimum absolute atomic E-state index is 0.723. The van der Waals surface area contributed by atoms with Crippen molar-refractivity contribution in [2.75, 3.05) is 0 Å². The molecule has 6 heteroatoms. The fraction of sp³-hybridized carbons (Fsp3) is 0.833. The van der Waals surface area contributed by atoms with E-state index in [1.165, 1.54) is 0 Å². The van der Waals surface area contributed by atoms with Crippen molar-refractivity contribution < 1.29 is 22.4 Å². The summed E-state index contributed by atoms with van der Waals surface area (Å²) in [5.41, 5.74) is -5.49. The van der Waals surface area contributed by atoms with Crippen LogP contribution in [0.2, 0.25) is 0 Å². The molecule has 0 saturated heterocycles. The molecule has 1 aliphatic carbocycles. The Balaban J connectivity index is 3.03. The van der Waals surface area contributed by atoms with Gasteiger partial charge in [-0.3, -0.25) is 4.79 Å². The zero-order chi connectivity index (χ0) is 9.78. The van der Waals surface area contributed by atoms with Crippen LogP contribution in [0.25, 0.3) is 0 Å².